The van der Waals surface area contributed by atoms with Gasteiger partial charge in [0.05, 0.1) is 12.9 Å². The topological polar surface area (TPSA) is 78.3 Å². The predicted octanol–water partition coefficient (Wildman–Crippen LogP) is 5.29. The molecule has 0 spiro atoms. The first-order valence-corrected chi connectivity index (χ1v) is 11.5. The van der Waals surface area contributed by atoms with Crippen molar-refractivity contribution in [2.75, 3.05) is 18.2 Å². The number of thioether (sulfide) groups is 1. The second-order valence-corrected chi connectivity index (χ2v) is 8.24. The second kappa shape index (κ2) is 10.8. The normalized spacial score (nSPS) is 11.6. The van der Waals surface area contributed by atoms with E-state index < -0.39 is 6.10 Å². The van der Waals surface area contributed by atoms with E-state index in [1.807, 2.05) is 60.0 Å². The van der Waals surface area contributed by atoms with Gasteiger partial charge in [-0.2, -0.15) is 0 Å². The lowest BCUT2D eigenvalue weighted by molar-refractivity contribution is -0.113. The molecule has 34 heavy (non-hydrogen) atoms. The summed E-state index contributed by atoms with van der Waals surface area (Å²) in [5.74, 6) is 1.44. The first-order valence-electron chi connectivity index (χ1n) is 10.5. The van der Waals surface area contributed by atoms with Gasteiger partial charge < -0.3 is 14.8 Å². The molecule has 0 aliphatic carbocycles. The number of ether oxygens (including phenoxy) is 2. The van der Waals surface area contributed by atoms with E-state index in [4.69, 9.17) is 9.47 Å². The predicted molar refractivity (Wildman–Crippen MR) is 129 cm³/mol. The van der Waals surface area contributed by atoms with Gasteiger partial charge in [-0.3, -0.25) is 9.36 Å². The van der Waals surface area contributed by atoms with Crippen LogP contribution in [0.15, 0.2) is 84.0 Å². The number of nitrogens with zero attached hydrogens (tertiary/aromatic N) is 3. The second-order valence-electron chi connectivity index (χ2n) is 7.29. The summed E-state index contributed by atoms with van der Waals surface area (Å²) in [6, 6.07) is 22.6. The Kier molecular flexibility index (Phi) is 7.44. The molecule has 0 aliphatic heterocycles. The lowest BCUT2D eigenvalue weighted by atomic mass is 10.3. The summed E-state index contributed by atoms with van der Waals surface area (Å²) < 4.78 is 26.3. The van der Waals surface area contributed by atoms with E-state index >= 15 is 0 Å². The number of para-hydroxylation sites is 1. The van der Waals surface area contributed by atoms with E-state index in [0.717, 1.165) is 5.69 Å². The van der Waals surface area contributed by atoms with E-state index in [9.17, 15) is 9.18 Å². The van der Waals surface area contributed by atoms with E-state index in [0.29, 0.717) is 28.2 Å². The minimum Gasteiger partial charge on any atom is -0.497 e. The van der Waals surface area contributed by atoms with Gasteiger partial charge in [-0.25, -0.2) is 4.39 Å². The molecule has 4 aromatic rings. The molecule has 9 heteroatoms. The van der Waals surface area contributed by atoms with Crippen LogP contribution in [0.2, 0.25) is 0 Å². The molecule has 0 aliphatic rings. The smallest absolute Gasteiger partial charge is 0.234 e. The Bertz CT molecular complexity index is 1250. The average Bonchev–Trinajstić information content (AvgIpc) is 3.29. The Morgan fingerprint density at radius 1 is 1.03 bits per heavy atom. The number of nitrogens with one attached hydrogen (secondary N) is 1. The highest BCUT2D eigenvalue weighted by atomic mass is 32.2. The number of amides is 1. The molecule has 0 saturated carbocycles. The van der Waals surface area contributed by atoms with Gasteiger partial charge in [-0.1, -0.05) is 36.0 Å². The number of rotatable bonds is 9. The third-order valence-corrected chi connectivity index (χ3v) is 5.78. The Hall–Kier alpha value is -3.85. The molecule has 174 valence electrons. The fourth-order valence-corrected chi connectivity index (χ4v) is 4.01. The summed E-state index contributed by atoms with van der Waals surface area (Å²) in [5.41, 5.74) is 1.38. The zero-order chi connectivity index (χ0) is 23.9. The maximum absolute atomic E-state index is 13.1. The molecule has 1 atom stereocenters. The van der Waals surface area contributed by atoms with E-state index in [1.165, 1.54) is 36.0 Å². The molecular weight excluding hydrogens is 455 g/mol. The van der Waals surface area contributed by atoms with Crippen molar-refractivity contribution >= 4 is 23.4 Å². The van der Waals surface area contributed by atoms with Crippen LogP contribution >= 0.6 is 11.8 Å². The molecular formula is C25H23FN4O3S. The first-order chi connectivity index (χ1) is 16.5. The van der Waals surface area contributed by atoms with Gasteiger partial charge in [-0.15, -0.1) is 10.2 Å². The van der Waals surface area contributed by atoms with Crippen LogP contribution < -0.4 is 14.8 Å². The van der Waals surface area contributed by atoms with Crippen molar-refractivity contribution in [1.29, 1.82) is 0 Å². The summed E-state index contributed by atoms with van der Waals surface area (Å²) in [4.78, 5) is 12.4. The maximum Gasteiger partial charge on any atom is 0.234 e. The Morgan fingerprint density at radius 2 is 1.76 bits per heavy atom. The zero-order valence-corrected chi connectivity index (χ0v) is 19.5. The van der Waals surface area contributed by atoms with Crippen molar-refractivity contribution in [1.82, 2.24) is 14.8 Å². The lowest BCUT2D eigenvalue weighted by Crippen LogP contribution is -2.15. The number of carbonyl (C=O) groups excluding carboxylic acids is 1. The fraction of sp³-hybridized carbons (Fsp3) is 0.160. The molecule has 1 heterocycles. The summed E-state index contributed by atoms with van der Waals surface area (Å²) in [5, 5.41) is 12.0. The van der Waals surface area contributed by atoms with Gasteiger partial charge in [0.15, 0.2) is 17.1 Å². The zero-order valence-electron chi connectivity index (χ0n) is 18.6. The van der Waals surface area contributed by atoms with Crippen LogP contribution in [-0.4, -0.2) is 33.5 Å². The van der Waals surface area contributed by atoms with Crippen LogP contribution in [0.25, 0.3) is 5.69 Å². The van der Waals surface area contributed by atoms with Crippen molar-refractivity contribution in [2.24, 2.45) is 0 Å². The Labute approximate surface area is 200 Å². The number of methoxy groups -OCH3 is 1. The largest absolute Gasteiger partial charge is 0.497 e. The number of halogens is 1. The van der Waals surface area contributed by atoms with Gasteiger partial charge in [0.25, 0.3) is 0 Å². The van der Waals surface area contributed by atoms with Crippen molar-refractivity contribution in [3.63, 3.8) is 0 Å². The highest BCUT2D eigenvalue weighted by molar-refractivity contribution is 7.99. The van der Waals surface area contributed by atoms with E-state index in [1.54, 1.807) is 13.2 Å². The number of hydrogen-bond donors (Lipinski definition) is 1. The molecule has 0 bridgehead atoms. The molecule has 1 aromatic heterocycles. The van der Waals surface area contributed by atoms with Crippen LogP contribution in [0.5, 0.6) is 11.5 Å². The highest BCUT2D eigenvalue weighted by Crippen LogP contribution is 2.29. The molecule has 4 rings (SSSR count). The van der Waals surface area contributed by atoms with Crippen molar-refractivity contribution in [2.45, 2.75) is 18.2 Å². The minimum absolute atomic E-state index is 0.105. The van der Waals surface area contributed by atoms with Crippen LogP contribution in [0, 0.1) is 5.82 Å². The maximum atomic E-state index is 13.1. The van der Waals surface area contributed by atoms with Gasteiger partial charge in [0, 0.05) is 17.4 Å². The first kappa shape index (κ1) is 23.3. The third-order valence-electron chi connectivity index (χ3n) is 4.85. The average molecular weight is 479 g/mol. The Morgan fingerprint density at radius 3 is 2.50 bits per heavy atom. The molecule has 1 unspecified atom stereocenters. The van der Waals surface area contributed by atoms with Gasteiger partial charge in [0.1, 0.15) is 17.3 Å². The van der Waals surface area contributed by atoms with Crippen LogP contribution in [0.3, 0.4) is 0 Å². The van der Waals surface area contributed by atoms with E-state index in [-0.39, 0.29) is 17.5 Å². The molecule has 7 nitrogen and oxygen atoms in total. The summed E-state index contributed by atoms with van der Waals surface area (Å²) in [6.07, 6.45) is -0.429. The van der Waals surface area contributed by atoms with Crippen LogP contribution in [0.1, 0.15) is 18.9 Å². The highest BCUT2D eigenvalue weighted by Gasteiger charge is 2.22. The Balaban J connectivity index is 1.53. The lowest BCUT2D eigenvalue weighted by Gasteiger charge is -2.17. The summed E-state index contributed by atoms with van der Waals surface area (Å²) in [7, 11) is 1.60. The molecule has 0 radical (unpaired) electrons. The molecule has 0 saturated heterocycles. The standard InChI is InChI=1S/C25H23FN4O3S/c1-17(33-22-10-6-9-21(15-22)32-2)24-28-29-25(30(24)20-7-4-3-5-8-20)34-16-23(31)27-19-13-11-18(26)12-14-19/h3-15,17H,16H2,1-2H3,(H,27,31). The van der Waals surface area contributed by atoms with Crippen LogP contribution in [-0.2, 0) is 4.79 Å². The monoisotopic (exact) mass is 478 g/mol. The minimum atomic E-state index is -0.429. The summed E-state index contributed by atoms with van der Waals surface area (Å²) in [6.45, 7) is 1.89. The van der Waals surface area contributed by atoms with Crippen LogP contribution in [0.4, 0.5) is 10.1 Å². The van der Waals surface area contributed by atoms with Gasteiger partial charge >= 0.3 is 0 Å². The fourth-order valence-electron chi connectivity index (χ4n) is 3.25. The SMILES string of the molecule is COc1cccc(OC(C)c2nnc(SCC(=O)Nc3ccc(F)cc3)n2-c2ccccc2)c1. The number of anilines is 1. The van der Waals surface area contributed by atoms with Crippen molar-refractivity contribution in [3.8, 4) is 17.2 Å². The number of aromatic nitrogens is 3. The number of benzene rings is 3. The van der Waals surface area contributed by atoms with Crippen molar-refractivity contribution in [3.05, 3.63) is 90.5 Å². The quantitative estimate of drug-likeness (QED) is 0.330. The molecule has 1 N–H and O–H groups in total. The van der Waals surface area contributed by atoms with Crippen molar-refractivity contribution < 1.29 is 18.7 Å². The van der Waals surface area contributed by atoms with Gasteiger partial charge in [0.2, 0.25) is 5.91 Å². The molecule has 0 fully saturated rings. The number of hydrogen-bond acceptors (Lipinski definition) is 6. The van der Waals surface area contributed by atoms with E-state index in [2.05, 4.69) is 15.5 Å². The third kappa shape index (κ3) is 5.74. The number of carbonyl (C=O) groups is 1. The molecule has 1 amide bonds. The summed E-state index contributed by atoms with van der Waals surface area (Å²) >= 11 is 1.25. The molecule has 3 aromatic carbocycles. The van der Waals surface area contributed by atoms with Gasteiger partial charge in [-0.05, 0) is 55.5 Å².